The maximum Gasteiger partial charge on any atom is 0.131 e. The molecule has 116 valence electrons. The van der Waals surface area contributed by atoms with Crippen molar-refractivity contribution in [1.82, 2.24) is 10.3 Å². The molecule has 3 heterocycles. The van der Waals surface area contributed by atoms with E-state index in [1.807, 2.05) is 6.20 Å². The van der Waals surface area contributed by atoms with Crippen molar-refractivity contribution in [2.75, 3.05) is 24.5 Å². The highest BCUT2D eigenvalue weighted by atomic mass is 16.5. The third kappa shape index (κ3) is 3.55. The highest BCUT2D eigenvalue weighted by molar-refractivity contribution is 5.48. The fourth-order valence-electron chi connectivity index (χ4n) is 3.35. The van der Waals surface area contributed by atoms with Crippen molar-refractivity contribution in [2.45, 2.75) is 52.4 Å². The van der Waals surface area contributed by atoms with Crippen molar-refractivity contribution in [2.24, 2.45) is 5.92 Å². The molecule has 1 aromatic rings. The number of nitrogens with one attached hydrogen (secondary N) is 1. The summed E-state index contributed by atoms with van der Waals surface area (Å²) in [6.07, 6.45) is 5.26. The van der Waals surface area contributed by atoms with Gasteiger partial charge in [0.2, 0.25) is 0 Å². The molecule has 0 aliphatic carbocycles. The minimum absolute atomic E-state index is 0.414. The number of hydrogen-bond donors (Lipinski definition) is 1. The zero-order chi connectivity index (χ0) is 14.8. The Morgan fingerprint density at radius 1 is 1.33 bits per heavy atom. The van der Waals surface area contributed by atoms with E-state index < -0.39 is 0 Å². The van der Waals surface area contributed by atoms with Crippen LogP contribution in [0.2, 0.25) is 0 Å². The molecule has 2 unspecified atom stereocenters. The molecule has 2 fully saturated rings. The monoisotopic (exact) mass is 289 g/mol. The fraction of sp³-hybridized carbons (Fsp3) is 0.706. The number of ether oxygens (including phenoxy) is 1. The van der Waals surface area contributed by atoms with Crippen molar-refractivity contribution < 1.29 is 4.74 Å². The smallest absolute Gasteiger partial charge is 0.131 e. The second-order valence-electron chi connectivity index (χ2n) is 6.87. The molecule has 0 aromatic carbocycles. The van der Waals surface area contributed by atoms with E-state index in [0.29, 0.717) is 18.1 Å². The molecule has 21 heavy (non-hydrogen) atoms. The Balaban J connectivity index is 1.64. The molecule has 0 radical (unpaired) electrons. The van der Waals surface area contributed by atoms with Gasteiger partial charge in [-0.2, -0.15) is 0 Å². The molecular formula is C17H27N3O. The van der Waals surface area contributed by atoms with Gasteiger partial charge in [0, 0.05) is 25.8 Å². The van der Waals surface area contributed by atoms with Crippen LogP contribution in [0.4, 0.5) is 5.82 Å². The minimum atomic E-state index is 0.414. The number of aromatic nitrogens is 1. The zero-order valence-electron chi connectivity index (χ0n) is 13.4. The second kappa shape index (κ2) is 6.32. The normalized spacial score (nSPS) is 24.9. The molecule has 2 saturated heterocycles. The summed E-state index contributed by atoms with van der Waals surface area (Å²) in [5.41, 5.74) is 2.55. The maximum absolute atomic E-state index is 5.91. The van der Waals surface area contributed by atoms with Gasteiger partial charge >= 0.3 is 0 Å². The molecule has 4 nitrogen and oxygen atoms in total. The highest BCUT2D eigenvalue weighted by Crippen LogP contribution is 2.30. The van der Waals surface area contributed by atoms with E-state index in [2.05, 4.69) is 37.1 Å². The van der Waals surface area contributed by atoms with Crippen LogP contribution in [-0.2, 0) is 11.3 Å². The van der Waals surface area contributed by atoms with Gasteiger partial charge in [0.1, 0.15) is 5.82 Å². The number of morpholine rings is 1. The lowest BCUT2D eigenvalue weighted by atomic mass is 10.1. The summed E-state index contributed by atoms with van der Waals surface area (Å²) in [5, 5.41) is 3.48. The average Bonchev–Trinajstić information content (AvgIpc) is 2.77. The number of fused-ring (bicyclic) bond motifs is 2. The summed E-state index contributed by atoms with van der Waals surface area (Å²) in [6.45, 7) is 10.6. The van der Waals surface area contributed by atoms with Crippen LogP contribution in [0.1, 0.15) is 37.8 Å². The van der Waals surface area contributed by atoms with Crippen LogP contribution in [0.5, 0.6) is 0 Å². The van der Waals surface area contributed by atoms with Gasteiger partial charge in [-0.15, -0.1) is 0 Å². The van der Waals surface area contributed by atoms with Crippen LogP contribution in [0.15, 0.2) is 12.3 Å². The first-order valence-corrected chi connectivity index (χ1v) is 8.18. The third-order valence-electron chi connectivity index (χ3n) is 4.33. The average molecular weight is 289 g/mol. The van der Waals surface area contributed by atoms with Crippen LogP contribution in [0, 0.1) is 12.8 Å². The molecule has 2 aliphatic heterocycles. The van der Waals surface area contributed by atoms with Gasteiger partial charge in [0.05, 0.1) is 12.2 Å². The van der Waals surface area contributed by atoms with E-state index in [1.54, 1.807) is 0 Å². The Morgan fingerprint density at radius 3 is 2.67 bits per heavy atom. The topological polar surface area (TPSA) is 37.4 Å². The highest BCUT2D eigenvalue weighted by Gasteiger charge is 2.34. The SMILES string of the molecule is Cc1cc(CNCC(C)C)cnc1N1CC2CCC(C1)O2. The first-order chi connectivity index (χ1) is 10.1. The van der Waals surface area contributed by atoms with Gasteiger partial charge < -0.3 is 15.0 Å². The molecule has 0 amide bonds. The lowest BCUT2D eigenvalue weighted by Gasteiger charge is -2.33. The number of hydrogen-bond acceptors (Lipinski definition) is 4. The Kier molecular flexibility index (Phi) is 4.45. The molecule has 0 saturated carbocycles. The summed E-state index contributed by atoms with van der Waals surface area (Å²) in [6, 6.07) is 2.27. The van der Waals surface area contributed by atoms with Crippen molar-refractivity contribution in [3.05, 3.63) is 23.4 Å². The quantitative estimate of drug-likeness (QED) is 0.904. The van der Waals surface area contributed by atoms with Gasteiger partial charge in [0.25, 0.3) is 0 Å². The molecule has 3 rings (SSSR count). The fourth-order valence-corrected chi connectivity index (χ4v) is 3.35. The van der Waals surface area contributed by atoms with Gasteiger partial charge in [-0.25, -0.2) is 4.98 Å². The van der Waals surface area contributed by atoms with Gasteiger partial charge in [-0.1, -0.05) is 13.8 Å². The van der Waals surface area contributed by atoms with Gasteiger partial charge in [0.15, 0.2) is 0 Å². The molecule has 0 spiro atoms. The summed E-state index contributed by atoms with van der Waals surface area (Å²) < 4.78 is 5.91. The van der Waals surface area contributed by atoms with Gasteiger partial charge in [-0.3, -0.25) is 0 Å². The van der Waals surface area contributed by atoms with E-state index in [9.17, 15) is 0 Å². The minimum Gasteiger partial charge on any atom is -0.371 e. The molecule has 1 aromatic heterocycles. The lowest BCUT2D eigenvalue weighted by Crippen LogP contribution is -2.43. The van der Waals surface area contributed by atoms with E-state index >= 15 is 0 Å². The summed E-state index contributed by atoms with van der Waals surface area (Å²) in [4.78, 5) is 7.14. The molecule has 2 atom stereocenters. The number of rotatable bonds is 5. The largest absolute Gasteiger partial charge is 0.371 e. The Bertz CT molecular complexity index is 477. The van der Waals surface area contributed by atoms with Crippen molar-refractivity contribution in [3.63, 3.8) is 0 Å². The standard InChI is InChI=1S/C17H27N3O/c1-12(2)7-18-8-14-6-13(3)17(19-9-14)20-10-15-4-5-16(11-20)21-15/h6,9,12,15-16,18H,4-5,7-8,10-11H2,1-3H3. The van der Waals surface area contributed by atoms with Crippen LogP contribution in [0.3, 0.4) is 0 Å². The molecule has 4 heteroatoms. The van der Waals surface area contributed by atoms with Crippen LogP contribution >= 0.6 is 0 Å². The Labute approximate surface area is 127 Å². The third-order valence-corrected chi connectivity index (χ3v) is 4.33. The molecular weight excluding hydrogens is 262 g/mol. The predicted molar refractivity (Wildman–Crippen MR) is 85.6 cm³/mol. The van der Waals surface area contributed by atoms with Crippen molar-refractivity contribution in [1.29, 1.82) is 0 Å². The summed E-state index contributed by atoms with van der Waals surface area (Å²) in [7, 11) is 0. The number of nitrogens with zero attached hydrogens (tertiary/aromatic N) is 2. The van der Waals surface area contributed by atoms with Crippen molar-refractivity contribution >= 4 is 5.82 Å². The molecule has 2 bridgehead atoms. The Hall–Kier alpha value is -1.13. The number of aryl methyl sites for hydroxylation is 1. The summed E-state index contributed by atoms with van der Waals surface area (Å²) in [5.74, 6) is 1.82. The van der Waals surface area contributed by atoms with Crippen LogP contribution in [-0.4, -0.2) is 36.8 Å². The second-order valence-corrected chi connectivity index (χ2v) is 6.87. The number of pyridine rings is 1. The maximum atomic E-state index is 5.91. The van der Waals surface area contributed by atoms with E-state index in [-0.39, 0.29) is 0 Å². The van der Waals surface area contributed by atoms with Gasteiger partial charge in [-0.05, 0) is 49.4 Å². The first-order valence-electron chi connectivity index (χ1n) is 8.18. The van der Waals surface area contributed by atoms with E-state index in [1.165, 1.54) is 24.0 Å². The van der Waals surface area contributed by atoms with E-state index in [0.717, 1.165) is 32.0 Å². The molecule has 1 N–H and O–H groups in total. The lowest BCUT2D eigenvalue weighted by molar-refractivity contribution is 0.0302. The zero-order valence-corrected chi connectivity index (χ0v) is 13.4. The van der Waals surface area contributed by atoms with Crippen molar-refractivity contribution in [3.8, 4) is 0 Å². The van der Waals surface area contributed by atoms with E-state index in [4.69, 9.17) is 9.72 Å². The first kappa shape index (κ1) is 14.8. The molecule has 2 aliphatic rings. The number of anilines is 1. The summed E-state index contributed by atoms with van der Waals surface area (Å²) >= 11 is 0. The van der Waals surface area contributed by atoms with Crippen LogP contribution in [0.25, 0.3) is 0 Å². The van der Waals surface area contributed by atoms with Crippen LogP contribution < -0.4 is 10.2 Å². The Morgan fingerprint density at radius 2 is 2.05 bits per heavy atom. The predicted octanol–water partition coefficient (Wildman–Crippen LogP) is 2.50.